The van der Waals surface area contributed by atoms with Crippen molar-refractivity contribution in [2.45, 2.75) is 13.8 Å². The molecule has 0 radical (unpaired) electrons. The molecule has 1 heterocycles. The van der Waals surface area contributed by atoms with Crippen molar-refractivity contribution in [3.8, 4) is 0 Å². The van der Waals surface area contributed by atoms with Gasteiger partial charge in [-0.25, -0.2) is 4.79 Å². The van der Waals surface area contributed by atoms with Gasteiger partial charge in [0.1, 0.15) is 5.58 Å². The molecule has 17 heavy (non-hydrogen) atoms. The van der Waals surface area contributed by atoms with Crippen LogP contribution in [0.3, 0.4) is 0 Å². The first-order valence-electron chi connectivity index (χ1n) is 4.86. The van der Waals surface area contributed by atoms with Crippen LogP contribution in [0.15, 0.2) is 37.3 Å². The molecule has 0 unspecified atom stereocenters. The van der Waals surface area contributed by atoms with E-state index in [0.29, 0.717) is 15.4 Å². The molecule has 88 valence electrons. The van der Waals surface area contributed by atoms with Crippen LogP contribution in [0.2, 0.25) is 5.02 Å². The molecule has 2 aromatic rings. The number of hydrogen-bond acceptors (Lipinski definition) is 4. The molecule has 0 atom stereocenters. The molecule has 1 aromatic carbocycles. The Hall–Kier alpha value is -1.88. The zero-order valence-corrected chi connectivity index (χ0v) is 9.99. The Morgan fingerprint density at radius 1 is 1.35 bits per heavy atom. The highest BCUT2D eigenvalue weighted by Crippen LogP contribution is 2.14. The normalized spacial score (nSPS) is 10.5. The molecule has 5 nitrogen and oxygen atoms in total. The summed E-state index contributed by atoms with van der Waals surface area (Å²) >= 11 is 5.75. The smallest absolute Gasteiger partial charge is 0.408 e. The summed E-state index contributed by atoms with van der Waals surface area (Å²) < 4.78 is 5.67. The molecule has 0 amide bonds. The number of hydrogen-bond donors (Lipinski definition) is 0. The van der Waals surface area contributed by atoms with E-state index >= 15 is 0 Å². The maximum absolute atomic E-state index is 11.9. The van der Waals surface area contributed by atoms with Crippen LogP contribution in [0.25, 0.3) is 11.0 Å². The van der Waals surface area contributed by atoms with Crippen LogP contribution < -0.4 is 11.3 Å². The van der Waals surface area contributed by atoms with Crippen molar-refractivity contribution in [2.75, 3.05) is 0 Å². The maximum Gasteiger partial charge on any atom is 0.443 e. The number of halogens is 1. The Morgan fingerprint density at radius 3 is 2.71 bits per heavy atom. The number of rotatable bonds is 1. The predicted molar refractivity (Wildman–Crippen MR) is 65.9 cm³/mol. The van der Waals surface area contributed by atoms with E-state index in [1.54, 1.807) is 19.9 Å². The minimum absolute atomic E-state index is 0.160. The minimum atomic E-state index is -0.828. The third-order valence-electron chi connectivity index (χ3n) is 2.04. The highest BCUT2D eigenvalue weighted by atomic mass is 35.5. The number of nitrogens with zero attached hydrogens (tertiary/aromatic N) is 2. The Kier molecular flexibility index (Phi) is 2.85. The van der Waals surface area contributed by atoms with Gasteiger partial charge in [-0.15, -0.1) is 4.68 Å². The van der Waals surface area contributed by atoms with Crippen molar-refractivity contribution in [1.82, 2.24) is 4.68 Å². The molecule has 0 N–H and O–H groups in total. The fraction of sp³-hybridized carbons (Fsp3) is 0.182. The zero-order valence-electron chi connectivity index (χ0n) is 9.23. The second kappa shape index (κ2) is 4.18. The monoisotopic (exact) mass is 252 g/mol. The van der Waals surface area contributed by atoms with E-state index in [-0.39, 0.29) is 11.0 Å². The SMILES string of the molecule is CC(C)=Nn1c(=O)oc2cc(Cl)ccc2c1=O. The lowest BCUT2D eigenvalue weighted by atomic mass is 10.2. The zero-order chi connectivity index (χ0) is 12.6. The van der Waals surface area contributed by atoms with E-state index in [1.165, 1.54) is 12.1 Å². The number of aromatic nitrogens is 1. The van der Waals surface area contributed by atoms with Crippen molar-refractivity contribution in [3.05, 3.63) is 44.1 Å². The molecule has 0 aliphatic rings. The van der Waals surface area contributed by atoms with E-state index in [4.69, 9.17) is 16.0 Å². The van der Waals surface area contributed by atoms with Crippen molar-refractivity contribution in [1.29, 1.82) is 0 Å². The van der Waals surface area contributed by atoms with Gasteiger partial charge in [-0.1, -0.05) is 11.6 Å². The lowest BCUT2D eigenvalue weighted by Gasteiger charge is -2.00. The summed E-state index contributed by atoms with van der Waals surface area (Å²) in [6.07, 6.45) is 0. The van der Waals surface area contributed by atoms with Gasteiger partial charge in [-0.05, 0) is 26.0 Å². The molecule has 6 heteroatoms. The second-order valence-corrected chi connectivity index (χ2v) is 4.11. The first-order valence-corrected chi connectivity index (χ1v) is 5.24. The molecule has 0 bridgehead atoms. The first kappa shape index (κ1) is 11.6. The molecule has 0 spiro atoms. The van der Waals surface area contributed by atoms with Gasteiger partial charge in [0, 0.05) is 16.8 Å². The van der Waals surface area contributed by atoms with Crippen LogP contribution in [0, 0.1) is 0 Å². The summed E-state index contributed by atoms with van der Waals surface area (Å²) in [7, 11) is 0. The van der Waals surface area contributed by atoms with Crippen molar-refractivity contribution >= 4 is 28.3 Å². The molecule has 0 saturated carbocycles. The molecular weight excluding hydrogens is 244 g/mol. The molecular formula is C11H9ClN2O3. The van der Waals surface area contributed by atoms with Gasteiger partial charge in [0.05, 0.1) is 5.39 Å². The van der Waals surface area contributed by atoms with E-state index in [0.717, 1.165) is 0 Å². The molecule has 0 aliphatic heterocycles. The lowest BCUT2D eigenvalue weighted by molar-refractivity contribution is 0.480. The quantitative estimate of drug-likeness (QED) is 0.728. The van der Waals surface area contributed by atoms with Gasteiger partial charge in [0.2, 0.25) is 0 Å². The van der Waals surface area contributed by atoms with Gasteiger partial charge in [0.25, 0.3) is 5.56 Å². The van der Waals surface area contributed by atoms with Gasteiger partial charge in [-0.3, -0.25) is 4.79 Å². The topological polar surface area (TPSA) is 64.6 Å². The van der Waals surface area contributed by atoms with Crippen LogP contribution in [0.1, 0.15) is 13.8 Å². The van der Waals surface area contributed by atoms with Crippen LogP contribution in [-0.2, 0) is 0 Å². The average molecular weight is 253 g/mol. The molecule has 0 aliphatic carbocycles. The Labute approximate surface area is 101 Å². The predicted octanol–water partition coefficient (Wildman–Crippen LogP) is 1.85. The lowest BCUT2D eigenvalue weighted by Crippen LogP contribution is -2.29. The summed E-state index contributed by atoms with van der Waals surface area (Å²) in [6, 6.07) is 4.48. The summed E-state index contributed by atoms with van der Waals surface area (Å²) in [6.45, 7) is 3.36. The van der Waals surface area contributed by atoms with Crippen LogP contribution in [0.5, 0.6) is 0 Å². The Morgan fingerprint density at radius 2 is 2.06 bits per heavy atom. The minimum Gasteiger partial charge on any atom is -0.408 e. The highest BCUT2D eigenvalue weighted by molar-refractivity contribution is 6.31. The van der Waals surface area contributed by atoms with Crippen molar-refractivity contribution in [3.63, 3.8) is 0 Å². The second-order valence-electron chi connectivity index (χ2n) is 3.67. The average Bonchev–Trinajstić information content (AvgIpc) is 2.23. The van der Waals surface area contributed by atoms with E-state index in [2.05, 4.69) is 5.10 Å². The standard InChI is InChI=1S/C11H9ClN2O3/c1-6(2)13-14-10(15)8-4-3-7(12)5-9(8)17-11(14)16/h3-5H,1-2H3. The maximum atomic E-state index is 11.9. The van der Waals surface area contributed by atoms with Crippen molar-refractivity contribution in [2.24, 2.45) is 5.10 Å². The Balaban J connectivity index is 2.91. The van der Waals surface area contributed by atoms with Crippen LogP contribution in [0.4, 0.5) is 0 Å². The van der Waals surface area contributed by atoms with Gasteiger partial charge >= 0.3 is 5.76 Å². The largest absolute Gasteiger partial charge is 0.443 e. The van der Waals surface area contributed by atoms with Gasteiger partial charge in [0.15, 0.2) is 0 Å². The van der Waals surface area contributed by atoms with Gasteiger partial charge in [-0.2, -0.15) is 5.10 Å². The third-order valence-corrected chi connectivity index (χ3v) is 2.27. The van der Waals surface area contributed by atoms with Crippen LogP contribution >= 0.6 is 11.6 Å². The number of fused-ring (bicyclic) bond motifs is 1. The van der Waals surface area contributed by atoms with Gasteiger partial charge < -0.3 is 4.42 Å². The third kappa shape index (κ3) is 2.14. The van der Waals surface area contributed by atoms with Crippen molar-refractivity contribution < 1.29 is 4.42 Å². The summed E-state index contributed by atoms with van der Waals surface area (Å²) in [5.74, 6) is -0.828. The summed E-state index contributed by atoms with van der Waals surface area (Å²) in [5, 5.41) is 4.47. The summed E-state index contributed by atoms with van der Waals surface area (Å²) in [4.78, 5) is 23.5. The fourth-order valence-corrected chi connectivity index (χ4v) is 1.54. The first-order chi connectivity index (χ1) is 7.99. The summed E-state index contributed by atoms with van der Waals surface area (Å²) in [5.41, 5.74) is 0.217. The van der Waals surface area contributed by atoms with E-state index in [1.807, 2.05) is 0 Å². The fourth-order valence-electron chi connectivity index (χ4n) is 1.38. The Bertz CT molecular complexity index is 724. The highest BCUT2D eigenvalue weighted by Gasteiger charge is 2.09. The van der Waals surface area contributed by atoms with Crippen LogP contribution in [-0.4, -0.2) is 10.4 Å². The molecule has 2 rings (SSSR count). The van der Waals surface area contributed by atoms with E-state index in [9.17, 15) is 9.59 Å². The number of benzene rings is 1. The molecule has 0 saturated heterocycles. The molecule has 1 aromatic heterocycles. The van der Waals surface area contributed by atoms with E-state index < -0.39 is 11.3 Å². The molecule has 0 fully saturated rings.